The number of hydrogen-bond acceptors (Lipinski definition) is 13. The molecule has 2 aromatic rings. The van der Waals surface area contributed by atoms with Gasteiger partial charge in [0.05, 0.1) is 47.1 Å². The summed E-state index contributed by atoms with van der Waals surface area (Å²) >= 11 is 8.95. The number of ether oxygens (including phenoxy) is 3. The molecule has 7 amide bonds. The SMILES string of the molecule is CC(C(=O)N[C@H]1CCS[C@H]2CC(C)(C)[C@@H](C(=O)N[C@H](COCC#CC#CCOCC(NC(=O)[C@H]3N4C(=O)[C@@H](NC(=S)C(C)N(C)C(=O)OC(C)(C)C)CCS[C@H]4CC3(C)C)c3ccccc3)c3ccccc3)N2C1=O)N(C)C(=O)O. The third-order valence-corrected chi connectivity index (χ3v) is 17.8. The molecule has 80 heavy (non-hydrogen) atoms. The van der Waals surface area contributed by atoms with Gasteiger partial charge < -0.3 is 55.3 Å². The first-order valence-electron chi connectivity index (χ1n) is 26.9. The molecule has 10 atom stereocenters. The summed E-state index contributed by atoms with van der Waals surface area (Å²) in [5, 5.41) is 21.2. The van der Waals surface area contributed by atoms with Crippen LogP contribution in [0.1, 0.15) is 111 Å². The average molecular weight is 1160 g/mol. The molecule has 4 aliphatic heterocycles. The fourth-order valence-corrected chi connectivity index (χ4v) is 13.7. The van der Waals surface area contributed by atoms with E-state index in [9.17, 15) is 38.7 Å². The minimum absolute atomic E-state index is 0.00355. The summed E-state index contributed by atoms with van der Waals surface area (Å²) in [6.45, 7) is 16.6. The van der Waals surface area contributed by atoms with Crippen molar-refractivity contribution in [2.75, 3.05) is 52.0 Å². The highest BCUT2D eigenvalue weighted by atomic mass is 32.2. The van der Waals surface area contributed by atoms with Crippen LogP contribution in [-0.4, -0.2) is 176 Å². The Hall–Kier alpha value is -6.04. The number of nitrogens with zero attached hydrogens (tertiary/aromatic N) is 4. The first kappa shape index (κ1) is 63.1. The van der Waals surface area contributed by atoms with Crippen molar-refractivity contribution in [3.8, 4) is 23.7 Å². The molecule has 434 valence electrons. The second-order valence-electron chi connectivity index (χ2n) is 22.9. The molecule has 3 unspecified atom stereocenters. The third kappa shape index (κ3) is 16.1. The molecule has 6 rings (SSSR count). The van der Waals surface area contributed by atoms with Crippen molar-refractivity contribution in [3.63, 3.8) is 0 Å². The Kier molecular flexibility index (Phi) is 21.8. The number of benzene rings is 2. The van der Waals surface area contributed by atoms with Crippen molar-refractivity contribution in [1.82, 2.24) is 40.9 Å². The minimum atomic E-state index is -1.27. The fraction of sp³-hybridized carbons (Fsp3) is 0.586. The lowest BCUT2D eigenvalue weighted by Crippen LogP contribution is -2.58. The molecular formula is C58H78N8O11S3. The first-order valence-corrected chi connectivity index (χ1v) is 29.4. The third-order valence-electron chi connectivity index (χ3n) is 14.8. The number of fused-ring (bicyclic) bond motifs is 2. The zero-order valence-corrected chi connectivity index (χ0v) is 50.1. The van der Waals surface area contributed by atoms with Gasteiger partial charge in [0, 0.05) is 14.1 Å². The summed E-state index contributed by atoms with van der Waals surface area (Å²) in [6, 6.07) is 12.7. The molecule has 0 radical (unpaired) electrons. The van der Waals surface area contributed by atoms with Crippen LogP contribution >= 0.6 is 35.7 Å². The summed E-state index contributed by atoms with van der Waals surface area (Å²) in [6.07, 6.45) is 0.168. The summed E-state index contributed by atoms with van der Waals surface area (Å²) in [7, 11) is 2.89. The van der Waals surface area contributed by atoms with E-state index >= 15 is 0 Å². The van der Waals surface area contributed by atoms with Crippen LogP contribution in [0.2, 0.25) is 0 Å². The van der Waals surface area contributed by atoms with Crippen LogP contribution in [0.4, 0.5) is 9.59 Å². The maximum atomic E-state index is 14.6. The van der Waals surface area contributed by atoms with E-state index in [1.807, 2.05) is 88.4 Å². The van der Waals surface area contributed by atoms with Crippen molar-refractivity contribution in [1.29, 1.82) is 0 Å². The number of thiocarbonyl (C=S) groups is 1. The van der Waals surface area contributed by atoms with Crippen LogP contribution in [0.5, 0.6) is 0 Å². The van der Waals surface area contributed by atoms with Gasteiger partial charge in [-0.05, 0) is 106 Å². The summed E-state index contributed by atoms with van der Waals surface area (Å²) in [5.41, 5.74) is -0.293. The minimum Gasteiger partial charge on any atom is -0.465 e. The van der Waals surface area contributed by atoms with E-state index in [-0.39, 0.29) is 54.9 Å². The normalized spacial score (nSPS) is 23.5. The highest BCUT2D eigenvalue weighted by molar-refractivity contribution is 8.00. The molecule has 4 aliphatic rings. The predicted octanol–water partition coefficient (Wildman–Crippen LogP) is 5.95. The molecule has 22 heteroatoms. The Bertz CT molecular complexity index is 2710. The molecule has 0 saturated carbocycles. The number of carboxylic acid groups (broad SMARTS) is 1. The van der Waals surface area contributed by atoms with Gasteiger partial charge in [-0.2, -0.15) is 0 Å². The lowest BCUT2D eigenvalue weighted by atomic mass is 9.83. The van der Waals surface area contributed by atoms with Crippen molar-refractivity contribution < 1.29 is 52.9 Å². The van der Waals surface area contributed by atoms with Crippen LogP contribution in [0.25, 0.3) is 0 Å². The van der Waals surface area contributed by atoms with Crippen LogP contribution in [0.3, 0.4) is 0 Å². The Morgan fingerprint density at radius 2 is 1.14 bits per heavy atom. The van der Waals surface area contributed by atoms with E-state index < -0.39 is 88.8 Å². The van der Waals surface area contributed by atoms with Gasteiger partial charge in [-0.15, -0.1) is 23.5 Å². The van der Waals surface area contributed by atoms with E-state index in [2.05, 4.69) is 44.9 Å². The van der Waals surface area contributed by atoms with E-state index in [1.54, 1.807) is 68.1 Å². The molecule has 0 bridgehead atoms. The smallest absolute Gasteiger partial charge is 0.410 e. The second-order valence-corrected chi connectivity index (χ2v) is 26.0. The predicted molar refractivity (Wildman–Crippen MR) is 312 cm³/mol. The van der Waals surface area contributed by atoms with Gasteiger partial charge in [0.15, 0.2) is 0 Å². The molecule has 0 aromatic heterocycles. The highest BCUT2D eigenvalue weighted by Gasteiger charge is 2.56. The summed E-state index contributed by atoms with van der Waals surface area (Å²) < 4.78 is 17.5. The number of likely N-dealkylation sites (N-methyl/N-ethyl adjacent to an activating group) is 2. The van der Waals surface area contributed by atoms with Crippen LogP contribution < -0.4 is 21.3 Å². The van der Waals surface area contributed by atoms with Crippen molar-refractivity contribution in [2.24, 2.45) is 10.8 Å². The van der Waals surface area contributed by atoms with Crippen molar-refractivity contribution >= 4 is 82.5 Å². The van der Waals surface area contributed by atoms with Crippen molar-refractivity contribution in [3.05, 3.63) is 71.8 Å². The molecule has 2 aromatic carbocycles. The quantitative estimate of drug-likeness (QED) is 0.0661. The maximum Gasteiger partial charge on any atom is 0.410 e. The number of rotatable bonds is 18. The fourth-order valence-electron chi connectivity index (χ4n) is 10.2. The van der Waals surface area contributed by atoms with Crippen LogP contribution in [-0.2, 0) is 38.2 Å². The topological polar surface area (TPSA) is 228 Å². The molecule has 5 N–H and O–H groups in total. The zero-order chi connectivity index (χ0) is 58.7. The Balaban J connectivity index is 1.04. The standard InChI is InChI=1S/C58H78N8O11S3/c1-36(63(10)54(72)73)48(67)59-40-26-30-79-44-32-57(6,7)46(65(44)52(40)70)49(68)60-42(38-22-16-14-17-23-38)34-75-28-20-12-13-21-29-76-35-43(39-24-18-15-19-25-39)61-50(69)47-58(8,9)33-45-66(47)53(71)41(27-31-80-45)62-51(78)37(2)64(11)55(74)77-56(3,4)5/h14-19,22-25,36-37,40-47H,26-35H2,1-11H3,(H,59,67)(H,60,68)(H,61,69)(H,62,78)(H,72,73)/t36?,37?,40-,41-,42+,43?,44-,45-,46+,47+/m0/s1. The van der Waals surface area contributed by atoms with Gasteiger partial charge in [-0.25, -0.2) is 9.59 Å². The van der Waals surface area contributed by atoms with E-state index in [4.69, 9.17) is 26.4 Å². The Labute approximate surface area is 484 Å². The summed E-state index contributed by atoms with van der Waals surface area (Å²) in [5.74, 6) is 10.7. The number of amides is 7. The van der Waals surface area contributed by atoms with Crippen molar-refractivity contribution in [2.45, 2.75) is 153 Å². The average Bonchev–Trinajstić information content (AvgIpc) is 4.01. The summed E-state index contributed by atoms with van der Waals surface area (Å²) in [4.78, 5) is 101. The Morgan fingerprint density at radius 1 is 0.713 bits per heavy atom. The van der Waals surface area contributed by atoms with E-state index in [0.29, 0.717) is 42.2 Å². The molecule has 0 spiro atoms. The molecule has 4 fully saturated rings. The Morgan fingerprint density at radius 3 is 1.55 bits per heavy atom. The lowest BCUT2D eigenvalue weighted by Gasteiger charge is -2.36. The van der Waals surface area contributed by atoms with Gasteiger partial charge in [0.2, 0.25) is 29.5 Å². The molecule has 19 nitrogen and oxygen atoms in total. The molecular weight excluding hydrogens is 1080 g/mol. The maximum absolute atomic E-state index is 14.6. The van der Waals surface area contributed by atoms with Gasteiger partial charge in [0.1, 0.15) is 49.0 Å². The number of hydrogen-bond donors (Lipinski definition) is 5. The molecule has 0 aliphatic carbocycles. The highest BCUT2D eigenvalue weighted by Crippen LogP contribution is 2.48. The zero-order valence-electron chi connectivity index (χ0n) is 47.7. The lowest BCUT2D eigenvalue weighted by molar-refractivity contribution is -0.144. The van der Waals surface area contributed by atoms with Gasteiger partial charge in [-0.3, -0.25) is 28.9 Å². The largest absolute Gasteiger partial charge is 0.465 e. The molecule has 4 heterocycles. The van der Waals surface area contributed by atoms with Gasteiger partial charge >= 0.3 is 12.2 Å². The van der Waals surface area contributed by atoms with Crippen LogP contribution in [0, 0.1) is 34.5 Å². The van der Waals surface area contributed by atoms with Crippen LogP contribution in [0.15, 0.2) is 60.7 Å². The number of thioether (sulfide) groups is 2. The second kappa shape index (κ2) is 27.6. The van der Waals surface area contributed by atoms with E-state index in [1.165, 1.54) is 18.9 Å². The van der Waals surface area contributed by atoms with Gasteiger partial charge in [-0.1, -0.05) is 112 Å². The van der Waals surface area contributed by atoms with Gasteiger partial charge in [0.25, 0.3) is 0 Å². The molecule has 4 saturated heterocycles. The monoisotopic (exact) mass is 1160 g/mol. The number of nitrogens with one attached hydrogen (secondary N) is 4. The number of carbonyl (C=O) groups is 7. The first-order chi connectivity index (χ1) is 37.7. The number of carbonyl (C=O) groups excluding carboxylic acids is 6. The van der Waals surface area contributed by atoms with E-state index in [0.717, 1.165) is 16.0 Å².